The average molecular weight is 379 g/mol. The predicted octanol–water partition coefficient (Wildman–Crippen LogP) is -0.395. The Labute approximate surface area is 155 Å². The first-order chi connectivity index (χ1) is 12.8. The first kappa shape index (κ1) is 19.3. The highest BCUT2D eigenvalue weighted by molar-refractivity contribution is 6.01. The smallest absolute Gasteiger partial charge is 0.335 e. The fourth-order valence-electron chi connectivity index (χ4n) is 3.11. The Hall–Kier alpha value is -2.46. The van der Waals surface area contributed by atoms with E-state index in [1.807, 2.05) is 18.2 Å². The second-order valence-electron chi connectivity index (χ2n) is 6.55. The van der Waals surface area contributed by atoms with Gasteiger partial charge in [-0.25, -0.2) is 4.79 Å². The Morgan fingerprint density at radius 2 is 1.85 bits per heavy atom. The molecule has 1 aromatic carbocycles. The Kier molecular flexibility index (Phi) is 5.47. The summed E-state index contributed by atoms with van der Waals surface area (Å²) in [6, 6.07) is 8.85. The van der Waals surface area contributed by atoms with E-state index in [1.165, 1.54) is 6.26 Å². The van der Waals surface area contributed by atoms with E-state index in [2.05, 4.69) is 0 Å². The molecule has 0 spiro atoms. The molecule has 2 aliphatic heterocycles. The largest absolute Gasteiger partial charge is 0.479 e. The van der Waals surface area contributed by atoms with Crippen molar-refractivity contribution in [3.05, 3.63) is 42.2 Å². The molecule has 2 aliphatic rings. The van der Waals surface area contributed by atoms with Crippen molar-refractivity contribution in [1.82, 2.24) is 0 Å². The van der Waals surface area contributed by atoms with Crippen molar-refractivity contribution in [2.24, 2.45) is 0 Å². The van der Waals surface area contributed by atoms with Crippen molar-refractivity contribution in [3.8, 4) is 0 Å². The van der Waals surface area contributed by atoms with Crippen LogP contribution < -0.4 is 4.90 Å². The van der Waals surface area contributed by atoms with Crippen molar-refractivity contribution in [2.75, 3.05) is 4.90 Å². The number of carboxylic acids is 1. The number of carbonyl (C=O) groups excluding carboxylic acids is 1. The number of amides is 1. The van der Waals surface area contributed by atoms with Gasteiger partial charge in [0.25, 0.3) is 0 Å². The van der Waals surface area contributed by atoms with Crippen LogP contribution in [-0.4, -0.2) is 69.1 Å². The van der Waals surface area contributed by atoms with Crippen LogP contribution in [0.15, 0.2) is 42.2 Å². The lowest BCUT2D eigenvalue weighted by Crippen LogP contribution is -2.60. The molecule has 2 saturated heterocycles. The van der Waals surface area contributed by atoms with Crippen LogP contribution >= 0.6 is 0 Å². The Morgan fingerprint density at radius 1 is 1.19 bits per heavy atom. The molecule has 6 atom stereocenters. The number of carboxylic acid groups (broad SMARTS) is 1. The molecule has 0 radical (unpaired) electrons. The molecule has 1 aromatic rings. The van der Waals surface area contributed by atoms with Crippen LogP contribution in [0.2, 0.25) is 0 Å². The first-order valence-electron chi connectivity index (χ1n) is 8.43. The maximum absolute atomic E-state index is 12.0. The van der Waals surface area contributed by atoms with E-state index in [0.717, 1.165) is 5.69 Å². The average Bonchev–Trinajstić information content (AvgIpc) is 2.63. The number of ether oxygens (including phenoxy) is 2. The molecule has 1 amide bonds. The number of hydrogen-bond donors (Lipinski definition) is 4. The summed E-state index contributed by atoms with van der Waals surface area (Å²) < 4.78 is 10.4. The summed E-state index contributed by atoms with van der Waals surface area (Å²) in [5, 5.41) is 38.5. The van der Waals surface area contributed by atoms with E-state index in [4.69, 9.17) is 14.6 Å². The van der Waals surface area contributed by atoms with Gasteiger partial charge in [0.2, 0.25) is 12.2 Å². The molecule has 2 fully saturated rings. The van der Waals surface area contributed by atoms with Gasteiger partial charge in [0.1, 0.15) is 18.3 Å². The highest BCUT2D eigenvalue weighted by Gasteiger charge is 2.48. The number of aliphatic hydroxyl groups is 3. The molecule has 0 bridgehead atoms. The minimum Gasteiger partial charge on any atom is -0.479 e. The van der Waals surface area contributed by atoms with Crippen LogP contribution in [0.25, 0.3) is 0 Å². The van der Waals surface area contributed by atoms with Gasteiger partial charge in [-0.05, 0) is 24.6 Å². The van der Waals surface area contributed by atoms with Crippen LogP contribution in [0.1, 0.15) is 13.3 Å². The van der Waals surface area contributed by atoms with Gasteiger partial charge < -0.3 is 34.8 Å². The summed E-state index contributed by atoms with van der Waals surface area (Å²) in [5.74, 6) is -1.53. The Balaban J connectivity index is 1.69. The predicted molar refractivity (Wildman–Crippen MR) is 91.5 cm³/mol. The van der Waals surface area contributed by atoms with E-state index in [1.54, 1.807) is 24.0 Å². The van der Waals surface area contributed by atoms with Gasteiger partial charge in [0.15, 0.2) is 6.10 Å². The highest BCUT2D eigenvalue weighted by Crippen LogP contribution is 2.32. The zero-order valence-corrected chi connectivity index (χ0v) is 14.5. The third kappa shape index (κ3) is 3.67. The molecule has 9 heteroatoms. The molecule has 3 rings (SSSR count). The molecule has 0 saturated carbocycles. The second-order valence-corrected chi connectivity index (χ2v) is 6.55. The lowest BCUT2D eigenvalue weighted by Gasteiger charge is -2.41. The zero-order chi connectivity index (χ0) is 19.7. The van der Waals surface area contributed by atoms with E-state index in [0.29, 0.717) is 5.57 Å². The highest BCUT2D eigenvalue weighted by atomic mass is 16.7. The Morgan fingerprint density at radius 3 is 2.44 bits per heavy atom. The standard InChI is InChI=1S/C18H21NO8/c1-9(11-7-12(20)19(11)10-5-3-2-4-6-10)8-26-18-15(23)13(21)14(22)16(27-18)17(24)25/h2-6,8,11,13-16,18,21-23H,7H2,1H3,(H,24,25)/b9-8-. The topological polar surface area (TPSA) is 137 Å². The summed E-state index contributed by atoms with van der Waals surface area (Å²) in [6.45, 7) is 1.72. The molecular weight excluding hydrogens is 358 g/mol. The van der Waals surface area contributed by atoms with Crippen LogP contribution in [-0.2, 0) is 19.1 Å². The monoisotopic (exact) mass is 379 g/mol. The molecule has 0 aromatic heterocycles. The van der Waals surface area contributed by atoms with Gasteiger partial charge in [-0.2, -0.15) is 0 Å². The number of carbonyl (C=O) groups is 2. The number of aliphatic hydroxyl groups excluding tert-OH is 3. The second kappa shape index (κ2) is 7.65. The third-order valence-electron chi connectivity index (χ3n) is 4.71. The van der Waals surface area contributed by atoms with Gasteiger partial charge in [-0.3, -0.25) is 4.79 Å². The van der Waals surface area contributed by atoms with Crippen LogP contribution in [0, 0.1) is 0 Å². The van der Waals surface area contributed by atoms with Crippen molar-refractivity contribution < 1.29 is 39.5 Å². The maximum Gasteiger partial charge on any atom is 0.335 e. The number of anilines is 1. The first-order valence-corrected chi connectivity index (χ1v) is 8.43. The number of β-lactam (4-membered cyclic amide) rings is 1. The molecule has 9 nitrogen and oxygen atoms in total. The van der Waals surface area contributed by atoms with Gasteiger partial charge >= 0.3 is 5.97 Å². The number of hydrogen-bond acceptors (Lipinski definition) is 7. The van der Waals surface area contributed by atoms with E-state index in [9.17, 15) is 24.9 Å². The Bertz CT molecular complexity index is 736. The quantitative estimate of drug-likeness (QED) is 0.401. The van der Waals surface area contributed by atoms with E-state index >= 15 is 0 Å². The molecule has 6 unspecified atom stereocenters. The van der Waals surface area contributed by atoms with E-state index in [-0.39, 0.29) is 18.4 Å². The van der Waals surface area contributed by atoms with Gasteiger partial charge in [0.05, 0.1) is 18.7 Å². The number of para-hydroxylation sites is 1. The third-order valence-corrected chi connectivity index (χ3v) is 4.71. The molecule has 2 heterocycles. The summed E-state index contributed by atoms with van der Waals surface area (Å²) in [5.41, 5.74) is 1.40. The minimum absolute atomic E-state index is 0.0441. The summed E-state index contributed by atoms with van der Waals surface area (Å²) in [7, 11) is 0. The lowest BCUT2D eigenvalue weighted by atomic mass is 9.94. The molecule has 4 N–H and O–H groups in total. The lowest BCUT2D eigenvalue weighted by molar-refractivity contribution is -0.281. The molecule has 146 valence electrons. The van der Waals surface area contributed by atoms with Gasteiger partial charge in [-0.1, -0.05) is 18.2 Å². The van der Waals surface area contributed by atoms with Crippen LogP contribution in [0.5, 0.6) is 0 Å². The van der Waals surface area contributed by atoms with E-state index < -0.39 is 36.7 Å². The van der Waals surface area contributed by atoms with Crippen LogP contribution in [0.4, 0.5) is 5.69 Å². The summed E-state index contributed by atoms with van der Waals surface area (Å²) in [4.78, 5) is 24.7. The number of rotatable bonds is 5. The number of nitrogens with zero attached hydrogens (tertiary/aromatic N) is 1. The van der Waals surface area contributed by atoms with Gasteiger partial charge in [-0.15, -0.1) is 0 Å². The van der Waals surface area contributed by atoms with Crippen molar-refractivity contribution in [2.45, 2.75) is 50.1 Å². The SMILES string of the molecule is C/C(=C/OC1OC(C(=O)O)C(O)C(O)C1O)C1CC(=O)N1c1ccccc1. The summed E-state index contributed by atoms with van der Waals surface area (Å²) >= 11 is 0. The number of aliphatic carboxylic acids is 1. The molecular formula is C18H21NO8. The van der Waals surface area contributed by atoms with Crippen molar-refractivity contribution in [1.29, 1.82) is 0 Å². The molecule has 0 aliphatic carbocycles. The van der Waals surface area contributed by atoms with Crippen molar-refractivity contribution >= 4 is 17.6 Å². The van der Waals surface area contributed by atoms with Crippen molar-refractivity contribution in [3.63, 3.8) is 0 Å². The normalized spacial score (nSPS) is 34.1. The maximum atomic E-state index is 12.0. The van der Waals surface area contributed by atoms with Gasteiger partial charge in [0, 0.05) is 5.69 Å². The minimum atomic E-state index is -1.78. The fraction of sp³-hybridized carbons (Fsp3) is 0.444. The summed E-state index contributed by atoms with van der Waals surface area (Å²) in [6.07, 6.45) is -6.79. The molecule has 27 heavy (non-hydrogen) atoms. The number of benzene rings is 1. The fourth-order valence-corrected chi connectivity index (χ4v) is 3.11. The van der Waals surface area contributed by atoms with Crippen LogP contribution in [0.3, 0.4) is 0 Å². The zero-order valence-electron chi connectivity index (χ0n) is 14.5.